The van der Waals surface area contributed by atoms with Crippen molar-refractivity contribution in [3.05, 3.63) is 59.7 Å². The topological polar surface area (TPSA) is 87.3 Å². The maximum absolute atomic E-state index is 12.6. The number of rotatable bonds is 6. The minimum Gasteiger partial charge on any atom is -0.352 e. The number of hydrogen-bond acceptors (Lipinski definition) is 3. The van der Waals surface area contributed by atoms with Crippen molar-refractivity contribution in [2.75, 3.05) is 17.2 Å². The maximum Gasteiger partial charge on any atom is 0.255 e. The molecule has 0 aliphatic heterocycles. The molecule has 0 bridgehead atoms. The fourth-order valence-electron chi connectivity index (χ4n) is 3.55. The minimum absolute atomic E-state index is 0.0249. The van der Waals surface area contributed by atoms with Crippen LogP contribution in [0.3, 0.4) is 0 Å². The zero-order valence-electron chi connectivity index (χ0n) is 16.7. The maximum atomic E-state index is 12.6. The van der Waals surface area contributed by atoms with E-state index >= 15 is 0 Å². The molecule has 6 nitrogen and oxygen atoms in total. The van der Waals surface area contributed by atoms with E-state index in [0.717, 1.165) is 25.7 Å². The summed E-state index contributed by atoms with van der Waals surface area (Å²) in [7, 11) is 0. The second kappa shape index (κ2) is 9.87. The van der Waals surface area contributed by atoms with E-state index < -0.39 is 0 Å². The van der Waals surface area contributed by atoms with Crippen LogP contribution in [-0.4, -0.2) is 24.3 Å². The molecule has 2 aromatic rings. The van der Waals surface area contributed by atoms with E-state index in [2.05, 4.69) is 16.0 Å². The van der Waals surface area contributed by atoms with E-state index in [9.17, 15) is 14.4 Å². The van der Waals surface area contributed by atoms with Crippen molar-refractivity contribution in [2.45, 2.75) is 39.0 Å². The van der Waals surface area contributed by atoms with Gasteiger partial charge in [0, 0.05) is 35.0 Å². The molecule has 1 fully saturated rings. The van der Waals surface area contributed by atoms with Crippen molar-refractivity contribution in [3.8, 4) is 0 Å². The molecule has 3 rings (SSSR count). The van der Waals surface area contributed by atoms with Gasteiger partial charge in [0.15, 0.2) is 0 Å². The van der Waals surface area contributed by atoms with E-state index in [1.165, 1.54) is 6.42 Å². The quantitative estimate of drug-likeness (QED) is 0.687. The van der Waals surface area contributed by atoms with Gasteiger partial charge >= 0.3 is 0 Å². The first-order chi connectivity index (χ1) is 14.1. The molecule has 3 N–H and O–H groups in total. The molecule has 1 aliphatic rings. The Bertz CT molecular complexity index is 888. The first kappa shape index (κ1) is 20.6. The Labute approximate surface area is 171 Å². The van der Waals surface area contributed by atoms with Gasteiger partial charge in [0.25, 0.3) is 11.8 Å². The number of nitrogens with one attached hydrogen (secondary N) is 3. The lowest BCUT2D eigenvalue weighted by molar-refractivity contribution is -0.120. The molecule has 3 amide bonds. The van der Waals surface area contributed by atoms with Crippen molar-refractivity contribution in [2.24, 2.45) is 5.92 Å². The van der Waals surface area contributed by atoms with Gasteiger partial charge in [0.2, 0.25) is 5.91 Å². The predicted octanol–water partition coefficient (Wildman–Crippen LogP) is 4.21. The highest BCUT2D eigenvalue weighted by molar-refractivity contribution is 6.06. The third-order valence-corrected chi connectivity index (χ3v) is 5.09. The molecule has 1 aliphatic carbocycles. The number of carbonyl (C=O) groups excluding carboxylic acids is 3. The Morgan fingerprint density at radius 3 is 2.03 bits per heavy atom. The van der Waals surface area contributed by atoms with Crippen LogP contribution in [0.4, 0.5) is 11.4 Å². The van der Waals surface area contributed by atoms with Crippen molar-refractivity contribution < 1.29 is 14.4 Å². The Hall–Kier alpha value is -3.15. The fraction of sp³-hybridized carbons (Fsp3) is 0.348. The third kappa shape index (κ3) is 5.67. The van der Waals surface area contributed by atoms with Gasteiger partial charge in [-0.3, -0.25) is 14.4 Å². The van der Waals surface area contributed by atoms with E-state index in [4.69, 9.17) is 0 Å². The lowest BCUT2D eigenvalue weighted by Crippen LogP contribution is -2.25. The molecule has 0 spiro atoms. The summed E-state index contributed by atoms with van der Waals surface area (Å²) >= 11 is 0. The zero-order chi connectivity index (χ0) is 20.6. The molecule has 0 saturated heterocycles. The molecule has 0 aromatic heterocycles. The van der Waals surface area contributed by atoms with E-state index in [-0.39, 0.29) is 23.6 Å². The summed E-state index contributed by atoms with van der Waals surface area (Å²) in [5.74, 6) is -0.405. The van der Waals surface area contributed by atoms with Gasteiger partial charge in [-0.1, -0.05) is 31.4 Å². The smallest absolute Gasteiger partial charge is 0.255 e. The van der Waals surface area contributed by atoms with Gasteiger partial charge in [-0.25, -0.2) is 0 Å². The van der Waals surface area contributed by atoms with E-state index in [1.54, 1.807) is 48.5 Å². The largest absolute Gasteiger partial charge is 0.352 e. The van der Waals surface area contributed by atoms with Crippen molar-refractivity contribution in [3.63, 3.8) is 0 Å². The van der Waals surface area contributed by atoms with Gasteiger partial charge in [-0.05, 0) is 56.2 Å². The van der Waals surface area contributed by atoms with Gasteiger partial charge < -0.3 is 16.0 Å². The van der Waals surface area contributed by atoms with Crippen LogP contribution in [0.1, 0.15) is 59.7 Å². The molecule has 29 heavy (non-hydrogen) atoms. The Morgan fingerprint density at radius 2 is 1.41 bits per heavy atom. The summed E-state index contributed by atoms with van der Waals surface area (Å²) in [5, 5.41) is 8.48. The van der Waals surface area contributed by atoms with Crippen molar-refractivity contribution in [1.82, 2.24) is 5.32 Å². The summed E-state index contributed by atoms with van der Waals surface area (Å²) in [4.78, 5) is 37.0. The molecule has 0 unspecified atom stereocenters. The standard InChI is InChI=1S/C23H27N3O3/c1-2-24-21(27)17-10-6-12-19(14-17)26-23(29)18-11-7-13-20(15-18)25-22(28)16-8-4-3-5-9-16/h6-7,10-16H,2-5,8-9H2,1H3,(H,24,27)(H,25,28)(H,26,29). The first-order valence-electron chi connectivity index (χ1n) is 10.2. The van der Waals surface area contributed by atoms with Crippen LogP contribution in [-0.2, 0) is 4.79 Å². The lowest BCUT2D eigenvalue weighted by Gasteiger charge is -2.20. The van der Waals surface area contributed by atoms with Gasteiger partial charge in [-0.15, -0.1) is 0 Å². The van der Waals surface area contributed by atoms with Crippen LogP contribution >= 0.6 is 0 Å². The molecule has 0 heterocycles. The highest BCUT2D eigenvalue weighted by Crippen LogP contribution is 2.25. The number of benzene rings is 2. The highest BCUT2D eigenvalue weighted by Gasteiger charge is 2.21. The fourth-order valence-corrected chi connectivity index (χ4v) is 3.55. The second-order valence-corrected chi connectivity index (χ2v) is 7.30. The molecule has 0 radical (unpaired) electrons. The molecule has 1 saturated carbocycles. The summed E-state index contributed by atoms with van der Waals surface area (Å²) in [6.07, 6.45) is 5.23. The monoisotopic (exact) mass is 393 g/mol. The number of carbonyl (C=O) groups is 3. The number of anilines is 2. The molecule has 152 valence electrons. The van der Waals surface area contributed by atoms with Crippen LogP contribution in [0.2, 0.25) is 0 Å². The van der Waals surface area contributed by atoms with Crippen LogP contribution in [0.5, 0.6) is 0 Å². The normalized spacial score (nSPS) is 14.1. The van der Waals surface area contributed by atoms with Crippen LogP contribution in [0.15, 0.2) is 48.5 Å². The van der Waals surface area contributed by atoms with E-state index in [1.807, 2.05) is 6.92 Å². The average Bonchev–Trinajstić information content (AvgIpc) is 2.75. The SMILES string of the molecule is CCNC(=O)c1cccc(NC(=O)c2cccc(NC(=O)C3CCCCC3)c2)c1. The van der Waals surface area contributed by atoms with Crippen LogP contribution < -0.4 is 16.0 Å². The summed E-state index contributed by atoms with van der Waals surface area (Å²) in [5.41, 5.74) is 2.08. The molecule has 2 aromatic carbocycles. The second-order valence-electron chi connectivity index (χ2n) is 7.30. The molecule has 0 atom stereocenters. The summed E-state index contributed by atoms with van der Waals surface area (Å²) in [6.45, 7) is 2.39. The van der Waals surface area contributed by atoms with E-state index in [0.29, 0.717) is 29.0 Å². The van der Waals surface area contributed by atoms with Gasteiger partial charge in [0.1, 0.15) is 0 Å². The Balaban J connectivity index is 1.65. The molecular formula is C23H27N3O3. The molecule has 6 heteroatoms. The Kier molecular flexibility index (Phi) is 7.00. The summed E-state index contributed by atoms with van der Waals surface area (Å²) < 4.78 is 0. The van der Waals surface area contributed by atoms with Gasteiger partial charge in [0.05, 0.1) is 0 Å². The predicted molar refractivity (Wildman–Crippen MR) is 114 cm³/mol. The summed E-state index contributed by atoms with van der Waals surface area (Å²) in [6, 6.07) is 13.7. The highest BCUT2D eigenvalue weighted by atomic mass is 16.2. The van der Waals surface area contributed by atoms with Crippen LogP contribution in [0.25, 0.3) is 0 Å². The average molecular weight is 393 g/mol. The van der Waals surface area contributed by atoms with Crippen LogP contribution in [0, 0.1) is 5.92 Å². The van der Waals surface area contributed by atoms with Gasteiger partial charge in [-0.2, -0.15) is 0 Å². The zero-order valence-corrected chi connectivity index (χ0v) is 16.7. The van der Waals surface area contributed by atoms with Crippen molar-refractivity contribution >= 4 is 29.1 Å². The first-order valence-corrected chi connectivity index (χ1v) is 10.2. The third-order valence-electron chi connectivity index (χ3n) is 5.09. The number of hydrogen-bond donors (Lipinski definition) is 3. The Morgan fingerprint density at radius 1 is 0.828 bits per heavy atom. The number of amides is 3. The van der Waals surface area contributed by atoms with Crippen molar-refractivity contribution in [1.29, 1.82) is 0 Å². The molecular weight excluding hydrogens is 366 g/mol. The minimum atomic E-state index is -0.299. The lowest BCUT2D eigenvalue weighted by atomic mass is 9.88.